The van der Waals surface area contributed by atoms with Crippen LogP contribution in [0.1, 0.15) is 17.2 Å². The van der Waals surface area contributed by atoms with Crippen molar-refractivity contribution in [2.45, 2.75) is 12.5 Å². The largest absolute Gasteiger partial charge is 0.386 e. The number of benzene rings is 2. The monoisotopic (exact) mass is 319 g/mol. The number of hydrogen-bond acceptors (Lipinski definition) is 2. The van der Waals surface area contributed by atoms with Crippen molar-refractivity contribution in [1.29, 1.82) is 0 Å². The predicted octanol–water partition coefficient (Wildman–Crippen LogP) is 3.87. The topological polar surface area (TPSA) is 50.4 Å². The molecule has 1 atom stereocenters. The van der Waals surface area contributed by atoms with Crippen LogP contribution in [-0.2, 0) is 6.42 Å². The van der Waals surface area contributed by atoms with E-state index in [0.717, 1.165) is 13.0 Å². The van der Waals surface area contributed by atoms with Crippen LogP contribution in [0, 0.1) is 0 Å². The first-order valence-electron chi connectivity index (χ1n) is 6.75. The van der Waals surface area contributed by atoms with Crippen molar-refractivity contribution in [2.24, 2.45) is 10.7 Å². The zero-order valence-corrected chi connectivity index (χ0v) is 12.8. The first kappa shape index (κ1) is 14.4. The number of hydrogen-bond donors (Lipinski definition) is 2. The predicted molar refractivity (Wildman–Crippen MR) is 88.6 cm³/mol. The lowest BCUT2D eigenvalue weighted by atomic mass is 9.94. The minimum absolute atomic E-state index is 0.0926. The summed E-state index contributed by atoms with van der Waals surface area (Å²) in [5.74, 6) is 0.492. The second-order valence-electron chi connectivity index (χ2n) is 4.97. The lowest BCUT2D eigenvalue weighted by Gasteiger charge is -2.26. The molecule has 0 aromatic heterocycles. The molecule has 2 aromatic carbocycles. The van der Waals surface area contributed by atoms with Gasteiger partial charge in [0.05, 0.1) is 16.8 Å². The Morgan fingerprint density at radius 3 is 2.86 bits per heavy atom. The molecule has 3 nitrogen and oxygen atoms in total. The number of fused-ring (bicyclic) bond motifs is 1. The molecule has 0 radical (unpaired) electrons. The second-order valence-corrected chi connectivity index (χ2v) is 5.81. The van der Waals surface area contributed by atoms with E-state index in [2.05, 4.69) is 22.4 Å². The average molecular weight is 320 g/mol. The minimum atomic E-state index is -0.0926. The highest BCUT2D eigenvalue weighted by Gasteiger charge is 2.22. The van der Waals surface area contributed by atoms with Gasteiger partial charge < -0.3 is 11.1 Å². The molecule has 0 fully saturated rings. The van der Waals surface area contributed by atoms with Crippen LogP contribution < -0.4 is 11.1 Å². The van der Waals surface area contributed by atoms with E-state index in [1.54, 1.807) is 18.2 Å². The van der Waals surface area contributed by atoms with E-state index in [1.165, 1.54) is 11.1 Å². The maximum atomic E-state index is 6.20. The lowest BCUT2D eigenvalue weighted by Crippen LogP contribution is -2.38. The third-order valence-electron chi connectivity index (χ3n) is 3.56. The Balaban J connectivity index is 1.97. The summed E-state index contributed by atoms with van der Waals surface area (Å²) in [5, 5.41) is 4.52. The Bertz CT molecular complexity index is 698. The van der Waals surface area contributed by atoms with Crippen molar-refractivity contribution >= 4 is 34.7 Å². The minimum Gasteiger partial charge on any atom is -0.386 e. The van der Waals surface area contributed by atoms with Crippen LogP contribution in [0.25, 0.3) is 0 Å². The maximum absolute atomic E-state index is 6.20. The van der Waals surface area contributed by atoms with Crippen LogP contribution in [0.3, 0.4) is 0 Å². The van der Waals surface area contributed by atoms with E-state index in [4.69, 9.17) is 28.9 Å². The van der Waals surface area contributed by atoms with Crippen molar-refractivity contribution in [1.82, 2.24) is 5.32 Å². The first-order valence-corrected chi connectivity index (χ1v) is 7.51. The Morgan fingerprint density at radius 1 is 1.19 bits per heavy atom. The van der Waals surface area contributed by atoms with Gasteiger partial charge in [0.2, 0.25) is 0 Å². The third kappa shape index (κ3) is 3.05. The van der Waals surface area contributed by atoms with Crippen molar-refractivity contribution < 1.29 is 0 Å². The van der Waals surface area contributed by atoms with Crippen molar-refractivity contribution in [3.05, 3.63) is 63.6 Å². The molecule has 1 aliphatic rings. The highest BCUT2D eigenvalue weighted by molar-refractivity contribution is 6.35. The van der Waals surface area contributed by atoms with Gasteiger partial charge in [-0.25, -0.2) is 4.99 Å². The number of halogens is 2. The molecule has 1 aliphatic heterocycles. The van der Waals surface area contributed by atoms with Crippen LogP contribution in [0.2, 0.25) is 10.0 Å². The molecule has 0 saturated carbocycles. The van der Waals surface area contributed by atoms with Gasteiger partial charge in [-0.3, -0.25) is 0 Å². The second kappa shape index (κ2) is 6.06. The van der Waals surface area contributed by atoms with E-state index in [9.17, 15) is 0 Å². The summed E-state index contributed by atoms with van der Waals surface area (Å²) in [6.07, 6.45) is 0.998. The summed E-state index contributed by atoms with van der Waals surface area (Å²) in [6, 6.07) is 13.3. The molecule has 0 aliphatic carbocycles. The normalized spacial score (nSPS) is 18.4. The zero-order chi connectivity index (χ0) is 14.8. The van der Waals surface area contributed by atoms with Crippen LogP contribution in [0.5, 0.6) is 0 Å². The summed E-state index contributed by atoms with van der Waals surface area (Å²) < 4.78 is 0. The summed E-state index contributed by atoms with van der Waals surface area (Å²) in [5.41, 5.74) is 9.26. The van der Waals surface area contributed by atoms with Gasteiger partial charge in [-0.1, -0.05) is 47.5 Å². The molecule has 2 aromatic rings. The van der Waals surface area contributed by atoms with Gasteiger partial charge in [0.25, 0.3) is 0 Å². The summed E-state index contributed by atoms with van der Waals surface area (Å²) in [4.78, 5) is 4.46. The summed E-state index contributed by atoms with van der Waals surface area (Å²) in [6.45, 7) is 0.876. The molecule has 1 heterocycles. The van der Waals surface area contributed by atoms with Crippen molar-refractivity contribution in [2.75, 3.05) is 6.54 Å². The number of nitrogens with two attached hydrogens (primary N) is 1. The molecule has 0 amide bonds. The molecular weight excluding hydrogens is 305 g/mol. The molecule has 0 spiro atoms. The smallest absolute Gasteiger partial charge is 0.122 e. The number of aliphatic imine (C=N–C) groups is 1. The lowest BCUT2D eigenvalue weighted by molar-refractivity contribution is 0.601. The SMILES string of the molecule is NC(=Nc1cc(Cl)ccc1Cl)C1NCCc2ccccc21. The van der Waals surface area contributed by atoms with Crippen molar-refractivity contribution in [3.63, 3.8) is 0 Å². The van der Waals surface area contributed by atoms with E-state index < -0.39 is 0 Å². The molecule has 1 unspecified atom stereocenters. The van der Waals surface area contributed by atoms with Crippen LogP contribution in [-0.4, -0.2) is 12.4 Å². The highest BCUT2D eigenvalue weighted by Crippen LogP contribution is 2.30. The number of amidine groups is 1. The van der Waals surface area contributed by atoms with Crippen LogP contribution in [0.4, 0.5) is 5.69 Å². The van der Waals surface area contributed by atoms with Gasteiger partial charge in [-0.15, -0.1) is 0 Å². The average Bonchev–Trinajstić information content (AvgIpc) is 2.50. The van der Waals surface area contributed by atoms with Gasteiger partial charge in [0.15, 0.2) is 0 Å². The molecular formula is C16H15Cl2N3. The maximum Gasteiger partial charge on any atom is 0.122 e. The van der Waals surface area contributed by atoms with E-state index in [-0.39, 0.29) is 6.04 Å². The Kier molecular flexibility index (Phi) is 4.15. The Labute approximate surface area is 133 Å². The van der Waals surface area contributed by atoms with E-state index in [0.29, 0.717) is 21.6 Å². The molecule has 108 valence electrons. The number of rotatable bonds is 2. The van der Waals surface area contributed by atoms with Crippen LogP contribution >= 0.6 is 23.2 Å². The van der Waals surface area contributed by atoms with Gasteiger partial charge >= 0.3 is 0 Å². The first-order chi connectivity index (χ1) is 10.1. The fraction of sp³-hybridized carbons (Fsp3) is 0.188. The highest BCUT2D eigenvalue weighted by atomic mass is 35.5. The number of nitrogens with zero attached hydrogens (tertiary/aromatic N) is 1. The molecule has 3 rings (SSSR count). The molecule has 5 heteroatoms. The third-order valence-corrected chi connectivity index (χ3v) is 4.12. The summed E-state index contributed by atoms with van der Waals surface area (Å²) >= 11 is 12.1. The fourth-order valence-electron chi connectivity index (χ4n) is 2.54. The fourth-order valence-corrected chi connectivity index (χ4v) is 2.87. The van der Waals surface area contributed by atoms with E-state index >= 15 is 0 Å². The molecule has 3 N–H and O–H groups in total. The summed E-state index contributed by atoms with van der Waals surface area (Å²) in [7, 11) is 0. The van der Waals surface area contributed by atoms with Gasteiger partial charge in [-0.2, -0.15) is 0 Å². The van der Waals surface area contributed by atoms with Gasteiger partial charge in [-0.05, 0) is 35.7 Å². The zero-order valence-electron chi connectivity index (χ0n) is 11.3. The molecule has 21 heavy (non-hydrogen) atoms. The Hall–Kier alpha value is -1.55. The number of nitrogens with one attached hydrogen (secondary N) is 1. The van der Waals surface area contributed by atoms with Gasteiger partial charge in [0.1, 0.15) is 5.84 Å². The van der Waals surface area contributed by atoms with Crippen LogP contribution in [0.15, 0.2) is 47.5 Å². The Morgan fingerprint density at radius 2 is 2.00 bits per heavy atom. The van der Waals surface area contributed by atoms with E-state index in [1.807, 2.05) is 12.1 Å². The quantitative estimate of drug-likeness (QED) is 0.652. The van der Waals surface area contributed by atoms with Gasteiger partial charge in [0, 0.05) is 11.6 Å². The molecule has 0 bridgehead atoms. The standard InChI is InChI=1S/C16H15Cl2N3/c17-11-5-6-13(18)14(9-11)21-16(19)15-12-4-2-1-3-10(12)7-8-20-15/h1-6,9,15,20H,7-8H2,(H2,19,21). The van der Waals surface area contributed by atoms with Crippen molar-refractivity contribution in [3.8, 4) is 0 Å². The molecule has 0 saturated heterocycles.